The molecule has 2 heterocycles. The van der Waals surface area contributed by atoms with Gasteiger partial charge in [-0.05, 0) is 44.2 Å². The van der Waals surface area contributed by atoms with Crippen molar-refractivity contribution in [2.24, 2.45) is 11.8 Å². The number of aromatic nitrogens is 3. The maximum absolute atomic E-state index is 6.33. The Morgan fingerprint density at radius 3 is 2.80 bits per heavy atom. The number of hydrogen-bond acceptors (Lipinski definition) is 2. The summed E-state index contributed by atoms with van der Waals surface area (Å²) in [6, 6.07) is 4.07. The summed E-state index contributed by atoms with van der Waals surface area (Å²) in [6.07, 6.45) is 3.99. The molecule has 0 aliphatic heterocycles. The van der Waals surface area contributed by atoms with Gasteiger partial charge in [0.25, 0.3) is 0 Å². The third-order valence-corrected chi connectivity index (χ3v) is 4.77. The van der Waals surface area contributed by atoms with Crippen LogP contribution in [-0.2, 0) is 6.54 Å². The minimum Gasteiger partial charge on any atom is -0.311 e. The molecule has 1 aliphatic carbocycles. The van der Waals surface area contributed by atoms with Crippen molar-refractivity contribution in [2.45, 2.75) is 52.0 Å². The molecule has 1 saturated carbocycles. The first-order valence-corrected chi connectivity index (χ1v) is 7.97. The second-order valence-corrected chi connectivity index (χ2v) is 6.81. The largest absolute Gasteiger partial charge is 0.311 e. The molecule has 3 atom stereocenters. The van der Waals surface area contributed by atoms with Crippen LogP contribution in [0, 0.1) is 18.8 Å². The molecule has 20 heavy (non-hydrogen) atoms. The van der Waals surface area contributed by atoms with Gasteiger partial charge in [0.2, 0.25) is 0 Å². The Kier molecular flexibility index (Phi) is 3.72. The summed E-state index contributed by atoms with van der Waals surface area (Å²) in [5.74, 6) is 2.47. The van der Waals surface area contributed by atoms with Crippen LogP contribution in [-0.4, -0.2) is 14.5 Å². The number of fused-ring (bicyclic) bond motifs is 1. The number of pyridine rings is 1. The van der Waals surface area contributed by atoms with Gasteiger partial charge in [-0.2, -0.15) is 0 Å². The van der Waals surface area contributed by atoms with E-state index in [2.05, 4.69) is 27.5 Å². The standard InChI is InChI=1S/C16H22ClN3/c1-10-5-4-6-13(10)9-20-15(12(3)17)19-14-8-7-11(2)18-16(14)20/h7-8,10,12-13H,4-6,9H2,1-3H3. The van der Waals surface area contributed by atoms with Crippen molar-refractivity contribution in [1.29, 1.82) is 0 Å². The molecule has 3 rings (SSSR count). The van der Waals surface area contributed by atoms with Crippen LogP contribution in [0.2, 0.25) is 0 Å². The quantitative estimate of drug-likeness (QED) is 0.781. The summed E-state index contributed by atoms with van der Waals surface area (Å²) in [7, 11) is 0. The van der Waals surface area contributed by atoms with Gasteiger partial charge in [0, 0.05) is 12.2 Å². The van der Waals surface area contributed by atoms with Gasteiger partial charge in [0.1, 0.15) is 11.3 Å². The van der Waals surface area contributed by atoms with Crippen LogP contribution in [0.15, 0.2) is 12.1 Å². The molecule has 1 fully saturated rings. The van der Waals surface area contributed by atoms with Gasteiger partial charge in [-0.1, -0.05) is 19.8 Å². The highest BCUT2D eigenvalue weighted by Crippen LogP contribution is 2.34. The highest BCUT2D eigenvalue weighted by Gasteiger charge is 2.26. The number of imidazole rings is 1. The second kappa shape index (κ2) is 5.36. The van der Waals surface area contributed by atoms with Crippen molar-refractivity contribution in [2.75, 3.05) is 0 Å². The Balaban J connectivity index is 2.05. The van der Waals surface area contributed by atoms with Gasteiger partial charge in [0.15, 0.2) is 5.65 Å². The number of halogens is 1. The van der Waals surface area contributed by atoms with E-state index >= 15 is 0 Å². The summed E-state index contributed by atoms with van der Waals surface area (Å²) >= 11 is 6.33. The van der Waals surface area contributed by atoms with Crippen molar-refractivity contribution in [3.63, 3.8) is 0 Å². The van der Waals surface area contributed by atoms with Crippen molar-refractivity contribution in [3.05, 3.63) is 23.7 Å². The number of hydrogen-bond donors (Lipinski definition) is 0. The van der Waals surface area contributed by atoms with Gasteiger partial charge in [-0.25, -0.2) is 9.97 Å². The topological polar surface area (TPSA) is 30.7 Å². The molecular weight excluding hydrogens is 270 g/mol. The molecule has 0 aromatic carbocycles. The molecule has 0 amide bonds. The lowest BCUT2D eigenvalue weighted by atomic mass is 9.98. The van der Waals surface area contributed by atoms with Gasteiger partial charge in [0.05, 0.1) is 5.38 Å². The number of nitrogens with zero attached hydrogens (tertiary/aromatic N) is 3. The third-order valence-electron chi connectivity index (χ3n) is 4.57. The lowest BCUT2D eigenvalue weighted by molar-refractivity contribution is 0.362. The van der Waals surface area contributed by atoms with Crippen LogP contribution in [0.5, 0.6) is 0 Å². The second-order valence-electron chi connectivity index (χ2n) is 6.16. The highest BCUT2D eigenvalue weighted by atomic mass is 35.5. The van der Waals surface area contributed by atoms with Crippen LogP contribution in [0.3, 0.4) is 0 Å². The molecule has 0 radical (unpaired) electrons. The molecule has 4 heteroatoms. The first kappa shape index (κ1) is 13.9. The average Bonchev–Trinajstić information content (AvgIpc) is 2.95. The van der Waals surface area contributed by atoms with E-state index in [0.29, 0.717) is 0 Å². The zero-order chi connectivity index (χ0) is 14.3. The minimum atomic E-state index is -0.0822. The highest BCUT2D eigenvalue weighted by molar-refractivity contribution is 6.20. The molecule has 0 spiro atoms. The summed E-state index contributed by atoms with van der Waals surface area (Å²) < 4.78 is 2.26. The van der Waals surface area contributed by atoms with E-state index in [9.17, 15) is 0 Å². The fourth-order valence-electron chi connectivity index (χ4n) is 3.33. The number of aryl methyl sites for hydroxylation is 1. The van der Waals surface area contributed by atoms with Crippen LogP contribution in [0.4, 0.5) is 0 Å². The van der Waals surface area contributed by atoms with E-state index in [-0.39, 0.29) is 5.38 Å². The predicted molar refractivity (Wildman–Crippen MR) is 83.0 cm³/mol. The van der Waals surface area contributed by atoms with Gasteiger partial charge >= 0.3 is 0 Å². The molecule has 108 valence electrons. The van der Waals surface area contributed by atoms with Crippen molar-refractivity contribution >= 4 is 22.8 Å². The van der Waals surface area contributed by atoms with E-state index in [1.54, 1.807) is 0 Å². The fraction of sp³-hybridized carbons (Fsp3) is 0.625. The molecule has 0 bridgehead atoms. The molecule has 0 saturated heterocycles. The van der Waals surface area contributed by atoms with Crippen molar-refractivity contribution < 1.29 is 0 Å². The first-order chi connectivity index (χ1) is 9.56. The maximum Gasteiger partial charge on any atom is 0.160 e. The fourth-order valence-corrected chi connectivity index (χ4v) is 3.49. The van der Waals surface area contributed by atoms with Crippen LogP contribution >= 0.6 is 11.6 Å². The Hall–Kier alpha value is -1.09. The number of alkyl halides is 1. The van der Waals surface area contributed by atoms with Crippen molar-refractivity contribution in [1.82, 2.24) is 14.5 Å². The third kappa shape index (κ3) is 2.44. The molecule has 2 aromatic rings. The van der Waals surface area contributed by atoms with Gasteiger partial charge in [-0.3, -0.25) is 0 Å². The zero-order valence-corrected chi connectivity index (χ0v) is 13.2. The summed E-state index contributed by atoms with van der Waals surface area (Å²) in [5.41, 5.74) is 2.99. The minimum absolute atomic E-state index is 0.0822. The lowest BCUT2D eigenvalue weighted by Gasteiger charge is -2.18. The molecule has 1 aliphatic rings. The van der Waals surface area contributed by atoms with E-state index < -0.39 is 0 Å². The number of rotatable bonds is 3. The normalized spacial score (nSPS) is 24.4. The first-order valence-electron chi connectivity index (χ1n) is 7.54. The molecular formula is C16H22ClN3. The van der Waals surface area contributed by atoms with Crippen molar-refractivity contribution in [3.8, 4) is 0 Å². The van der Waals surface area contributed by atoms with Gasteiger partial charge in [-0.15, -0.1) is 11.6 Å². The van der Waals surface area contributed by atoms with E-state index in [0.717, 1.165) is 41.1 Å². The molecule has 0 N–H and O–H groups in total. The predicted octanol–water partition coefficient (Wildman–Crippen LogP) is 4.48. The summed E-state index contributed by atoms with van der Waals surface area (Å²) in [6.45, 7) is 7.38. The maximum atomic E-state index is 6.33. The zero-order valence-electron chi connectivity index (χ0n) is 12.4. The summed E-state index contributed by atoms with van der Waals surface area (Å²) in [5, 5.41) is -0.0822. The summed E-state index contributed by atoms with van der Waals surface area (Å²) in [4.78, 5) is 9.38. The Morgan fingerprint density at radius 1 is 1.35 bits per heavy atom. The SMILES string of the molecule is Cc1ccc2nc(C(C)Cl)n(CC3CCCC3C)c2n1. The Morgan fingerprint density at radius 2 is 2.15 bits per heavy atom. The smallest absolute Gasteiger partial charge is 0.160 e. The van der Waals surface area contributed by atoms with E-state index in [1.807, 2.05) is 19.9 Å². The lowest BCUT2D eigenvalue weighted by Crippen LogP contribution is -2.16. The van der Waals surface area contributed by atoms with Crippen LogP contribution in [0.1, 0.15) is 50.0 Å². The average molecular weight is 292 g/mol. The molecule has 2 aromatic heterocycles. The monoisotopic (exact) mass is 291 g/mol. The Labute approximate surface area is 125 Å². The Bertz CT molecular complexity index is 617. The molecule has 3 unspecified atom stereocenters. The molecule has 3 nitrogen and oxygen atoms in total. The van der Waals surface area contributed by atoms with Crippen LogP contribution in [0.25, 0.3) is 11.2 Å². The van der Waals surface area contributed by atoms with E-state index in [4.69, 9.17) is 11.6 Å². The van der Waals surface area contributed by atoms with Crippen LogP contribution < -0.4 is 0 Å². The van der Waals surface area contributed by atoms with E-state index in [1.165, 1.54) is 19.3 Å². The van der Waals surface area contributed by atoms with Gasteiger partial charge < -0.3 is 4.57 Å².